The summed E-state index contributed by atoms with van der Waals surface area (Å²) in [6.07, 6.45) is 1.29. The molecule has 3 heterocycles. The molecule has 0 aliphatic carbocycles. The van der Waals surface area contributed by atoms with Gasteiger partial charge in [-0.15, -0.1) is 0 Å². The molecule has 2 saturated heterocycles. The molecule has 1 aromatic carbocycles. The lowest BCUT2D eigenvalue weighted by molar-refractivity contribution is 0.170. The van der Waals surface area contributed by atoms with E-state index in [-0.39, 0.29) is 0 Å². The van der Waals surface area contributed by atoms with E-state index in [9.17, 15) is 0 Å². The third-order valence-corrected chi connectivity index (χ3v) is 5.01. The zero-order valence-corrected chi connectivity index (χ0v) is 13.5. The first-order valence-corrected chi connectivity index (χ1v) is 8.65. The number of aromatic nitrogens is 2. The van der Waals surface area contributed by atoms with Gasteiger partial charge in [-0.2, -0.15) is 5.10 Å². The molecule has 0 bridgehead atoms. The molecule has 0 radical (unpaired) electrons. The molecule has 2 fully saturated rings. The van der Waals surface area contributed by atoms with Crippen molar-refractivity contribution in [3.8, 4) is 11.3 Å². The number of hydrogen-bond acceptors (Lipinski definition) is 4. The lowest BCUT2D eigenvalue weighted by Gasteiger charge is -2.32. The maximum atomic E-state index is 4.47. The van der Waals surface area contributed by atoms with Crippen molar-refractivity contribution in [3.63, 3.8) is 0 Å². The van der Waals surface area contributed by atoms with Crippen molar-refractivity contribution in [3.05, 3.63) is 42.1 Å². The van der Waals surface area contributed by atoms with Crippen LogP contribution in [0.15, 0.2) is 36.4 Å². The number of nitrogens with zero attached hydrogens (tertiary/aromatic N) is 3. The Bertz CT molecular complexity index is 617. The molecule has 2 aromatic rings. The molecule has 0 saturated carbocycles. The Morgan fingerprint density at radius 1 is 1.09 bits per heavy atom. The number of H-pyrrole nitrogens is 1. The van der Waals surface area contributed by atoms with Gasteiger partial charge in [-0.1, -0.05) is 30.3 Å². The Balaban J connectivity index is 1.35. The van der Waals surface area contributed by atoms with Gasteiger partial charge in [0, 0.05) is 63.1 Å². The van der Waals surface area contributed by atoms with Crippen molar-refractivity contribution in [1.82, 2.24) is 25.3 Å². The van der Waals surface area contributed by atoms with Crippen molar-refractivity contribution < 1.29 is 0 Å². The van der Waals surface area contributed by atoms with E-state index in [1.54, 1.807) is 0 Å². The molecule has 122 valence electrons. The van der Waals surface area contributed by atoms with Crippen LogP contribution in [0.5, 0.6) is 0 Å². The summed E-state index contributed by atoms with van der Waals surface area (Å²) in [5.74, 6) is 0. The Labute approximate surface area is 137 Å². The summed E-state index contributed by atoms with van der Waals surface area (Å²) in [7, 11) is 0. The second-order valence-electron chi connectivity index (χ2n) is 6.61. The average Bonchev–Trinajstić information content (AvgIpc) is 3.27. The molecule has 2 aliphatic heterocycles. The van der Waals surface area contributed by atoms with Crippen LogP contribution in [0.3, 0.4) is 0 Å². The van der Waals surface area contributed by atoms with Crippen LogP contribution >= 0.6 is 0 Å². The summed E-state index contributed by atoms with van der Waals surface area (Å²) in [4.78, 5) is 5.20. The molecular weight excluding hydrogens is 286 g/mol. The van der Waals surface area contributed by atoms with Crippen molar-refractivity contribution in [1.29, 1.82) is 0 Å². The lowest BCUT2D eigenvalue weighted by Crippen LogP contribution is -2.49. The number of hydrogen-bond donors (Lipinski definition) is 2. The molecule has 0 amide bonds. The third-order valence-electron chi connectivity index (χ3n) is 5.01. The zero-order valence-electron chi connectivity index (χ0n) is 13.5. The molecule has 5 heteroatoms. The molecule has 1 unspecified atom stereocenters. The monoisotopic (exact) mass is 311 g/mol. The Morgan fingerprint density at radius 3 is 2.74 bits per heavy atom. The van der Waals surface area contributed by atoms with Crippen LogP contribution in [0.25, 0.3) is 11.3 Å². The SMILES string of the molecule is c1ccc(-c2cc(CN3CCC(N4CCNCC4)C3)[nH]n2)cc1. The summed E-state index contributed by atoms with van der Waals surface area (Å²) in [6.45, 7) is 8.01. The molecule has 1 atom stereocenters. The van der Waals surface area contributed by atoms with E-state index in [2.05, 4.69) is 55.6 Å². The van der Waals surface area contributed by atoms with E-state index in [0.29, 0.717) is 0 Å². The summed E-state index contributed by atoms with van der Waals surface area (Å²) >= 11 is 0. The summed E-state index contributed by atoms with van der Waals surface area (Å²) in [6, 6.07) is 13.3. The van der Waals surface area contributed by atoms with Gasteiger partial charge in [-0.25, -0.2) is 0 Å². The summed E-state index contributed by atoms with van der Waals surface area (Å²) in [5.41, 5.74) is 3.43. The van der Waals surface area contributed by atoms with E-state index >= 15 is 0 Å². The molecular formula is C18H25N5. The standard InChI is InChI=1S/C18H25N5/c1-2-4-15(5-3-1)18-12-16(20-21-18)13-22-9-6-17(14-22)23-10-7-19-8-11-23/h1-5,12,17,19H,6-11,13-14H2,(H,20,21). The van der Waals surface area contributed by atoms with E-state index < -0.39 is 0 Å². The molecule has 1 aromatic heterocycles. The van der Waals surface area contributed by atoms with Gasteiger partial charge in [-0.3, -0.25) is 14.9 Å². The Hall–Kier alpha value is -1.69. The fourth-order valence-corrected chi connectivity index (χ4v) is 3.74. The minimum atomic E-state index is 0.730. The highest BCUT2D eigenvalue weighted by atomic mass is 15.3. The summed E-state index contributed by atoms with van der Waals surface area (Å²) < 4.78 is 0. The maximum Gasteiger partial charge on any atom is 0.0924 e. The second kappa shape index (κ2) is 6.83. The molecule has 5 nitrogen and oxygen atoms in total. The fraction of sp³-hybridized carbons (Fsp3) is 0.500. The number of piperazine rings is 1. The first-order valence-electron chi connectivity index (χ1n) is 8.65. The number of likely N-dealkylation sites (tertiary alicyclic amines) is 1. The average molecular weight is 311 g/mol. The van der Waals surface area contributed by atoms with Gasteiger partial charge in [0.1, 0.15) is 0 Å². The van der Waals surface area contributed by atoms with Crippen molar-refractivity contribution in [2.45, 2.75) is 19.0 Å². The van der Waals surface area contributed by atoms with Crippen LogP contribution in [0.2, 0.25) is 0 Å². The predicted molar refractivity (Wildman–Crippen MR) is 92.1 cm³/mol. The van der Waals surface area contributed by atoms with Gasteiger partial charge in [0.25, 0.3) is 0 Å². The molecule has 2 N–H and O–H groups in total. The van der Waals surface area contributed by atoms with Gasteiger partial charge in [0.2, 0.25) is 0 Å². The van der Waals surface area contributed by atoms with Crippen LogP contribution in [0.1, 0.15) is 12.1 Å². The molecule has 2 aliphatic rings. The van der Waals surface area contributed by atoms with Crippen LogP contribution < -0.4 is 5.32 Å². The number of nitrogens with one attached hydrogen (secondary N) is 2. The van der Waals surface area contributed by atoms with Crippen LogP contribution in [0.4, 0.5) is 0 Å². The normalized spacial score (nSPS) is 23.4. The zero-order chi connectivity index (χ0) is 15.5. The molecule has 4 rings (SSSR count). The third kappa shape index (κ3) is 3.47. The smallest absolute Gasteiger partial charge is 0.0924 e. The Kier molecular flexibility index (Phi) is 4.41. The minimum absolute atomic E-state index is 0.730. The fourth-order valence-electron chi connectivity index (χ4n) is 3.74. The van der Waals surface area contributed by atoms with Crippen molar-refractivity contribution in [2.24, 2.45) is 0 Å². The molecule has 0 spiro atoms. The van der Waals surface area contributed by atoms with E-state index in [1.807, 2.05) is 6.07 Å². The van der Waals surface area contributed by atoms with Crippen LogP contribution in [-0.4, -0.2) is 65.3 Å². The number of rotatable bonds is 4. The largest absolute Gasteiger partial charge is 0.314 e. The van der Waals surface area contributed by atoms with Crippen molar-refractivity contribution in [2.75, 3.05) is 39.3 Å². The minimum Gasteiger partial charge on any atom is -0.314 e. The molecule has 23 heavy (non-hydrogen) atoms. The van der Waals surface area contributed by atoms with Crippen LogP contribution in [0, 0.1) is 0 Å². The highest BCUT2D eigenvalue weighted by Gasteiger charge is 2.28. The van der Waals surface area contributed by atoms with E-state index in [0.717, 1.165) is 31.4 Å². The quantitative estimate of drug-likeness (QED) is 0.899. The van der Waals surface area contributed by atoms with Gasteiger partial charge in [-0.05, 0) is 12.5 Å². The maximum absolute atomic E-state index is 4.47. The lowest BCUT2D eigenvalue weighted by atomic mass is 10.1. The summed E-state index contributed by atoms with van der Waals surface area (Å²) in [5, 5.41) is 11.1. The van der Waals surface area contributed by atoms with Gasteiger partial charge >= 0.3 is 0 Å². The highest BCUT2D eigenvalue weighted by Crippen LogP contribution is 2.21. The highest BCUT2D eigenvalue weighted by molar-refractivity contribution is 5.58. The first-order chi connectivity index (χ1) is 11.4. The van der Waals surface area contributed by atoms with E-state index in [1.165, 1.54) is 43.9 Å². The van der Waals surface area contributed by atoms with Gasteiger partial charge in [0.15, 0.2) is 0 Å². The predicted octanol–water partition coefficient (Wildman–Crippen LogP) is 1.56. The number of aromatic amines is 1. The topological polar surface area (TPSA) is 47.2 Å². The number of benzene rings is 1. The Morgan fingerprint density at radius 2 is 1.91 bits per heavy atom. The second-order valence-corrected chi connectivity index (χ2v) is 6.61. The van der Waals surface area contributed by atoms with Crippen LogP contribution in [-0.2, 0) is 6.54 Å². The first kappa shape index (κ1) is 14.9. The van der Waals surface area contributed by atoms with Gasteiger partial charge < -0.3 is 5.32 Å². The van der Waals surface area contributed by atoms with E-state index in [4.69, 9.17) is 0 Å². The van der Waals surface area contributed by atoms with Crippen molar-refractivity contribution >= 4 is 0 Å². The van der Waals surface area contributed by atoms with Gasteiger partial charge in [0.05, 0.1) is 5.69 Å².